The molecule has 1 fully saturated rings. The number of phenols is 1. The molecule has 6 rings (SSSR count). The van der Waals surface area contributed by atoms with Crippen molar-refractivity contribution >= 4 is 102 Å². The topological polar surface area (TPSA) is 395 Å². The standard InChI is InChI=1S/C56H71N11O11S2.C2HF3O2/c1-30(2)47-56(78)65-46(55(77)67-48(31(3)68)49(58)71)29-80-79-28-45(64-50(72)40(57)24-34-16-19-35-11-5-6-12-36(35)23-34)54(76)62-43(25-33-17-20-38(70)21-18-33)52(74)63-44(26-37-27-60-41-14-8-7-13-39(37)41)53(75)61-42(51(73)66-47)15-9-10-22-59-32(4)69;3-2(4,5)1(6)7/h5-8,11-14,16-21,23,27,30-31,40,42-48,60,68,70H,9-10,15,22,24-26,28-29,57H2,1-4H3,(H2,58,71)(H,59,69)(H,61,75)(H,62,76)(H,63,74)(H,64,72)(H,65,78)(H,66,73)(H,67,77);(H,6,7)/t31-,40-,42+,43+,44-,45+,46+,47+,48+;/m1./s1. The highest BCUT2D eigenvalue weighted by Gasteiger charge is 2.39. The Morgan fingerprint density at radius 3 is 1.94 bits per heavy atom. The SMILES string of the molecule is CC(=O)NCCCC[C@@H]1NC(=O)[C@@H](Cc2c[nH]c3ccccc23)NC(=O)[C@H](Cc2ccc(O)cc2)NC(=O)[C@@H](NC(=O)[C@H](N)Cc2ccc3ccccc3c2)CSSC[C@@H](C(=O)N[C@H](C(N)=O)[C@@H](C)O)NC(=O)[C@H](C(C)C)NC1=O.O=C(O)C(F)(F)F. The molecule has 24 nitrogen and oxygen atoms in total. The van der Waals surface area contributed by atoms with E-state index in [2.05, 4.69) is 47.5 Å². The van der Waals surface area contributed by atoms with Crippen molar-refractivity contribution in [3.63, 3.8) is 0 Å². The number of unbranched alkanes of at least 4 members (excludes halogenated alkanes) is 1. The van der Waals surface area contributed by atoms with Gasteiger partial charge in [0.25, 0.3) is 0 Å². The lowest BCUT2D eigenvalue weighted by atomic mass is 10.00. The highest BCUT2D eigenvalue weighted by molar-refractivity contribution is 8.76. The molecule has 29 heteroatoms. The molecule has 0 radical (unpaired) electrons. The molecule has 0 aliphatic carbocycles. The molecule has 9 atom stereocenters. The van der Waals surface area contributed by atoms with E-state index in [4.69, 9.17) is 21.4 Å². The number of aromatic hydroxyl groups is 1. The first kappa shape index (κ1) is 69.4. The summed E-state index contributed by atoms with van der Waals surface area (Å²) in [5.41, 5.74) is 14.6. The zero-order valence-corrected chi connectivity index (χ0v) is 49.5. The van der Waals surface area contributed by atoms with Crippen LogP contribution in [0.15, 0.2) is 97.2 Å². The van der Waals surface area contributed by atoms with Gasteiger partial charge in [0, 0.05) is 54.9 Å². The number of primary amides is 1. The number of H-pyrrole nitrogens is 1. The molecule has 9 amide bonds. The van der Waals surface area contributed by atoms with Gasteiger partial charge in [0.05, 0.1) is 12.1 Å². The van der Waals surface area contributed by atoms with E-state index in [0.29, 0.717) is 24.0 Å². The van der Waals surface area contributed by atoms with Crippen molar-refractivity contribution in [1.82, 2.24) is 47.5 Å². The number of rotatable bonds is 18. The van der Waals surface area contributed by atoms with Gasteiger partial charge >= 0.3 is 12.1 Å². The van der Waals surface area contributed by atoms with Gasteiger partial charge in [-0.05, 0) is 84.2 Å². The van der Waals surface area contributed by atoms with Crippen molar-refractivity contribution in [1.29, 1.82) is 0 Å². The van der Waals surface area contributed by atoms with Gasteiger partial charge in [0.2, 0.25) is 53.2 Å². The van der Waals surface area contributed by atoms with Gasteiger partial charge in [-0.1, -0.05) is 108 Å². The molecule has 87 heavy (non-hydrogen) atoms. The molecule has 1 aliphatic rings. The maximum atomic E-state index is 14.9. The fourth-order valence-corrected chi connectivity index (χ4v) is 11.3. The van der Waals surface area contributed by atoms with E-state index in [-0.39, 0.29) is 55.4 Å². The summed E-state index contributed by atoms with van der Waals surface area (Å²) >= 11 is 0. The second kappa shape index (κ2) is 32.9. The summed E-state index contributed by atoms with van der Waals surface area (Å²) in [6.45, 7) is 6.15. The van der Waals surface area contributed by atoms with Gasteiger partial charge in [0.15, 0.2) is 0 Å². The van der Waals surface area contributed by atoms with E-state index in [1.807, 2.05) is 66.7 Å². The number of aromatic amines is 1. The normalized spacial score (nSPS) is 20.4. The summed E-state index contributed by atoms with van der Waals surface area (Å²) in [5.74, 6) is -10.9. The number of phenolic OH excluding ortho intramolecular Hbond substituents is 1. The highest BCUT2D eigenvalue weighted by Crippen LogP contribution is 2.25. The highest BCUT2D eigenvalue weighted by atomic mass is 33.1. The Labute approximate surface area is 506 Å². The molecule has 0 unspecified atom stereocenters. The van der Waals surface area contributed by atoms with Crippen LogP contribution >= 0.6 is 21.6 Å². The Morgan fingerprint density at radius 1 is 0.724 bits per heavy atom. The van der Waals surface area contributed by atoms with Crippen LogP contribution in [0.3, 0.4) is 0 Å². The molecule has 2 heterocycles. The van der Waals surface area contributed by atoms with E-state index in [1.165, 1.54) is 26.0 Å². The summed E-state index contributed by atoms with van der Waals surface area (Å²) in [5, 5.41) is 51.9. The predicted octanol–water partition coefficient (Wildman–Crippen LogP) is 1.63. The number of carboxylic acid groups (broad SMARTS) is 1. The largest absolute Gasteiger partial charge is 0.508 e. The fraction of sp³-hybridized carbons (Fsp3) is 0.414. The van der Waals surface area contributed by atoms with Crippen LogP contribution in [-0.4, -0.2) is 158 Å². The van der Waals surface area contributed by atoms with Gasteiger partial charge in [-0.25, -0.2) is 4.79 Å². The third kappa shape index (κ3) is 21.8. The van der Waals surface area contributed by atoms with Crippen molar-refractivity contribution < 1.29 is 76.4 Å². The molecule has 0 spiro atoms. The molecule has 4 aromatic carbocycles. The first-order valence-electron chi connectivity index (χ1n) is 27.6. The van der Waals surface area contributed by atoms with Gasteiger partial charge in [0.1, 0.15) is 48.0 Å². The minimum atomic E-state index is -5.08. The van der Waals surface area contributed by atoms with E-state index in [0.717, 1.165) is 48.8 Å². The van der Waals surface area contributed by atoms with Crippen molar-refractivity contribution in [2.75, 3.05) is 18.1 Å². The number of carboxylic acids is 1. The van der Waals surface area contributed by atoms with Crippen molar-refractivity contribution in [2.45, 2.75) is 127 Å². The molecular formula is C58H72F3N11O13S2. The molecule has 0 saturated carbocycles. The Balaban J connectivity index is 0.00000185. The molecule has 470 valence electrons. The number of hydrogen-bond acceptors (Lipinski definition) is 15. The van der Waals surface area contributed by atoms with Crippen LogP contribution in [0.25, 0.3) is 21.7 Å². The Kier molecular flexibility index (Phi) is 26.2. The number of halogens is 3. The maximum Gasteiger partial charge on any atom is 0.490 e. The van der Waals surface area contributed by atoms with E-state index < -0.39 is 120 Å². The van der Waals surface area contributed by atoms with Gasteiger partial charge in [-0.15, -0.1) is 0 Å². The lowest BCUT2D eigenvalue weighted by Gasteiger charge is -2.29. The quantitative estimate of drug-likeness (QED) is 0.0438. The smallest absolute Gasteiger partial charge is 0.490 e. The first-order valence-corrected chi connectivity index (χ1v) is 30.1. The number of aliphatic carboxylic acids is 1. The van der Waals surface area contributed by atoms with Crippen LogP contribution in [0, 0.1) is 5.92 Å². The number of carbonyl (C=O) groups excluding carboxylic acids is 9. The van der Waals surface area contributed by atoms with E-state index >= 15 is 0 Å². The summed E-state index contributed by atoms with van der Waals surface area (Å²) in [7, 11) is 2.01. The molecular weight excluding hydrogens is 1180 g/mol. The third-order valence-electron chi connectivity index (χ3n) is 13.7. The molecule has 5 aromatic rings. The number of carbonyl (C=O) groups is 10. The second-order valence-corrected chi connectivity index (χ2v) is 23.5. The number of nitrogens with one attached hydrogen (secondary N) is 9. The zero-order valence-electron chi connectivity index (χ0n) is 47.9. The van der Waals surface area contributed by atoms with Crippen molar-refractivity contribution in [2.24, 2.45) is 17.4 Å². The minimum Gasteiger partial charge on any atom is -0.508 e. The summed E-state index contributed by atoms with van der Waals surface area (Å²) < 4.78 is 31.7. The lowest BCUT2D eigenvalue weighted by Crippen LogP contribution is -2.62. The maximum absolute atomic E-state index is 14.9. The summed E-state index contributed by atoms with van der Waals surface area (Å²) in [6.07, 6.45) is -4.34. The summed E-state index contributed by atoms with van der Waals surface area (Å²) in [6, 6.07) is 15.4. The number of para-hydroxylation sites is 1. The second-order valence-electron chi connectivity index (χ2n) is 20.9. The Hall–Kier alpha value is -8.41. The number of nitrogens with two attached hydrogens (primary N) is 2. The number of aliphatic hydroxyl groups is 1. The zero-order chi connectivity index (χ0) is 64.1. The predicted molar refractivity (Wildman–Crippen MR) is 320 cm³/mol. The average Bonchev–Trinajstić information content (AvgIpc) is 2.62. The van der Waals surface area contributed by atoms with E-state index in [1.54, 1.807) is 32.2 Å². The van der Waals surface area contributed by atoms with E-state index in [9.17, 15) is 66.5 Å². The molecule has 1 aliphatic heterocycles. The summed E-state index contributed by atoms with van der Waals surface area (Å²) in [4.78, 5) is 138. The number of aliphatic hydroxyl groups excluding tert-OH is 1. The molecule has 1 aromatic heterocycles. The Morgan fingerprint density at radius 2 is 1.31 bits per heavy atom. The van der Waals surface area contributed by atoms with Gasteiger partial charge in [-0.3, -0.25) is 43.2 Å². The number of hydrogen-bond donors (Lipinski definition) is 14. The van der Waals surface area contributed by atoms with Gasteiger partial charge < -0.3 is 74.3 Å². The van der Waals surface area contributed by atoms with Crippen LogP contribution < -0.4 is 54.0 Å². The fourth-order valence-electron chi connectivity index (χ4n) is 8.95. The van der Waals surface area contributed by atoms with Gasteiger partial charge in [-0.2, -0.15) is 13.2 Å². The number of aromatic nitrogens is 1. The number of alkyl halides is 3. The van der Waals surface area contributed by atoms with Crippen LogP contribution in [0.4, 0.5) is 13.2 Å². The van der Waals surface area contributed by atoms with Crippen molar-refractivity contribution in [3.05, 3.63) is 114 Å². The molecule has 0 bridgehead atoms. The number of amides is 9. The average molecular weight is 1250 g/mol. The molecule has 16 N–H and O–H groups in total. The molecule has 1 saturated heterocycles. The Bertz CT molecular complexity index is 3240. The van der Waals surface area contributed by atoms with Crippen LogP contribution in [0.1, 0.15) is 63.6 Å². The van der Waals surface area contributed by atoms with Crippen LogP contribution in [0.5, 0.6) is 5.75 Å². The lowest BCUT2D eigenvalue weighted by molar-refractivity contribution is -0.192. The van der Waals surface area contributed by atoms with Crippen LogP contribution in [0.2, 0.25) is 0 Å². The number of benzene rings is 4. The third-order valence-corrected chi connectivity index (χ3v) is 16.1. The monoisotopic (exact) mass is 1250 g/mol. The van der Waals surface area contributed by atoms with Crippen molar-refractivity contribution in [3.8, 4) is 5.75 Å². The van der Waals surface area contributed by atoms with Crippen LogP contribution in [-0.2, 0) is 67.2 Å². The number of fused-ring (bicyclic) bond motifs is 2. The minimum absolute atomic E-state index is 0.00263. The first-order chi connectivity index (χ1) is 41.1.